The predicted octanol–water partition coefficient (Wildman–Crippen LogP) is 1.46. The summed E-state index contributed by atoms with van der Waals surface area (Å²) in [7, 11) is 0. The molecule has 0 aliphatic carbocycles. The largest absolute Gasteiger partial charge is 0.393 e. The standard InChI is InChI=1S/C10H11N5O2/c1-2-14-10(12-6-13-14)7-3-4-8(11)9(5-7)15(16)17/h3-6H,2,11H2,1H3. The topological polar surface area (TPSA) is 99.9 Å². The Bertz CT molecular complexity index is 564. The van der Waals surface area contributed by atoms with Gasteiger partial charge in [-0.1, -0.05) is 0 Å². The molecule has 0 atom stereocenters. The Morgan fingerprint density at radius 1 is 1.53 bits per heavy atom. The Hall–Kier alpha value is -2.44. The van der Waals surface area contributed by atoms with Gasteiger partial charge in [0.1, 0.15) is 12.0 Å². The second kappa shape index (κ2) is 4.20. The molecule has 7 heteroatoms. The fraction of sp³-hybridized carbons (Fsp3) is 0.200. The fourth-order valence-electron chi connectivity index (χ4n) is 1.56. The third-order valence-corrected chi connectivity index (χ3v) is 2.40. The molecule has 0 bridgehead atoms. The highest BCUT2D eigenvalue weighted by atomic mass is 16.6. The molecule has 0 spiro atoms. The summed E-state index contributed by atoms with van der Waals surface area (Å²) < 4.78 is 1.66. The summed E-state index contributed by atoms with van der Waals surface area (Å²) in [5.74, 6) is 0.593. The summed E-state index contributed by atoms with van der Waals surface area (Å²) in [6.45, 7) is 2.57. The van der Waals surface area contributed by atoms with Gasteiger partial charge in [0, 0.05) is 18.2 Å². The third-order valence-electron chi connectivity index (χ3n) is 2.40. The lowest BCUT2D eigenvalue weighted by Gasteiger charge is -2.04. The summed E-state index contributed by atoms with van der Waals surface area (Å²) in [5.41, 5.74) is 6.18. The number of rotatable bonds is 3. The van der Waals surface area contributed by atoms with Crippen molar-refractivity contribution in [1.29, 1.82) is 0 Å². The van der Waals surface area contributed by atoms with Crippen LogP contribution in [-0.4, -0.2) is 19.7 Å². The molecule has 0 aliphatic rings. The van der Waals surface area contributed by atoms with Crippen LogP contribution in [0, 0.1) is 10.1 Å². The molecule has 0 fully saturated rings. The minimum absolute atomic E-state index is 0.117. The van der Waals surface area contributed by atoms with Gasteiger partial charge in [-0.05, 0) is 19.1 Å². The molecule has 7 nitrogen and oxygen atoms in total. The van der Waals surface area contributed by atoms with Crippen LogP contribution in [0.25, 0.3) is 11.4 Å². The summed E-state index contributed by atoms with van der Waals surface area (Å²) >= 11 is 0. The number of hydrogen-bond acceptors (Lipinski definition) is 5. The second-order valence-corrected chi connectivity index (χ2v) is 3.43. The molecule has 88 valence electrons. The van der Waals surface area contributed by atoms with E-state index in [1.54, 1.807) is 10.7 Å². The number of nitro groups is 1. The third kappa shape index (κ3) is 1.94. The minimum Gasteiger partial charge on any atom is -0.393 e. The molecule has 0 radical (unpaired) electrons. The molecule has 2 N–H and O–H groups in total. The van der Waals surface area contributed by atoms with Crippen LogP contribution in [0.1, 0.15) is 6.92 Å². The van der Waals surface area contributed by atoms with Crippen LogP contribution >= 0.6 is 0 Å². The first-order valence-electron chi connectivity index (χ1n) is 5.05. The summed E-state index contributed by atoms with van der Waals surface area (Å²) in [6.07, 6.45) is 1.42. The molecule has 1 heterocycles. The Balaban J connectivity index is 2.54. The van der Waals surface area contributed by atoms with Crippen molar-refractivity contribution in [1.82, 2.24) is 14.8 Å². The van der Waals surface area contributed by atoms with Crippen molar-refractivity contribution in [2.24, 2.45) is 0 Å². The van der Waals surface area contributed by atoms with Crippen LogP contribution < -0.4 is 5.73 Å². The molecule has 0 saturated heterocycles. The first kappa shape index (κ1) is 11.1. The maximum atomic E-state index is 10.8. The van der Waals surface area contributed by atoms with E-state index in [0.717, 1.165) is 0 Å². The zero-order valence-electron chi connectivity index (χ0n) is 9.20. The van der Waals surface area contributed by atoms with Gasteiger partial charge in [0.2, 0.25) is 0 Å². The second-order valence-electron chi connectivity index (χ2n) is 3.43. The molecule has 0 saturated carbocycles. The van der Waals surface area contributed by atoms with Gasteiger partial charge < -0.3 is 5.73 Å². The van der Waals surface area contributed by atoms with E-state index in [4.69, 9.17) is 5.73 Å². The van der Waals surface area contributed by atoms with Crippen molar-refractivity contribution < 1.29 is 4.92 Å². The number of nitrogen functional groups attached to an aromatic ring is 1. The van der Waals surface area contributed by atoms with Gasteiger partial charge in [0.25, 0.3) is 5.69 Å². The Morgan fingerprint density at radius 2 is 2.29 bits per heavy atom. The maximum Gasteiger partial charge on any atom is 0.292 e. The number of benzene rings is 1. The van der Waals surface area contributed by atoms with Crippen molar-refractivity contribution in [3.8, 4) is 11.4 Å². The molecule has 0 aliphatic heterocycles. The highest BCUT2D eigenvalue weighted by Gasteiger charge is 2.15. The van der Waals surface area contributed by atoms with Crippen LogP contribution in [0.2, 0.25) is 0 Å². The van der Waals surface area contributed by atoms with E-state index in [0.29, 0.717) is 17.9 Å². The number of hydrogen-bond donors (Lipinski definition) is 1. The number of nitrogens with zero attached hydrogens (tertiary/aromatic N) is 4. The highest BCUT2D eigenvalue weighted by Crippen LogP contribution is 2.27. The van der Waals surface area contributed by atoms with Crippen LogP contribution in [0.15, 0.2) is 24.5 Å². The number of aromatic nitrogens is 3. The van der Waals surface area contributed by atoms with E-state index in [-0.39, 0.29) is 11.4 Å². The lowest BCUT2D eigenvalue weighted by atomic mass is 10.1. The molecule has 1 aromatic heterocycles. The summed E-state index contributed by atoms with van der Waals surface area (Å²) in [6, 6.07) is 4.60. The van der Waals surface area contributed by atoms with E-state index in [2.05, 4.69) is 10.1 Å². The minimum atomic E-state index is -0.508. The Labute approximate surface area is 97.0 Å². The normalized spacial score (nSPS) is 10.4. The van der Waals surface area contributed by atoms with E-state index in [9.17, 15) is 10.1 Å². The van der Waals surface area contributed by atoms with Crippen LogP contribution in [0.5, 0.6) is 0 Å². The summed E-state index contributed by atoms with van der Waals surface area (Å²) in [4.78, 5) is 14.3. The van der Waals surface area contributed by atoms with Gasteiger partial charge >= 0.3 is 0 Å². The molecular formula is C10H11N5O2. The average Bonchev–Trinajstić information content (AvgIpc) is 2.77. The van der Waals surface area contributed by atoms with Crippen molar-refractivity contribution >= 4 is 11.4 Å². The van der Waals surface area contributed by atoms with Crippen LogP contribution in [-0.2, 0) is 6.54 Å². The molecule has 2 aromatic rings. The molecule has 0 amide bonds. The molecule has 2 rings (SSSR count). The molecular weight excluding hydrogens is 222 g/mol. The zero-order valence-corrected chi connectivity index (χ0v) is 9.20. The number of nitrogens with two attached hydrogens (primary N) is 1. The Kier molecular flexibility index (Phi) is 2.73. The van der Waals surface area contributed by atoms with E-state index in [1.807, 2.05) is 6.92 Å². The van der Waals surface area contributed by atoms with E-state index >= 15 is 0 Å². The lowest BCUT2D eigenvalue weighted by molar-refractivity contribution is -0.383. The first-order valence-corrected chi connectivity index (χ1v) is 5.05. The van der Waals surface area contributed by atoms with Gasteiger partial charge in [-0.25, -0.2) is 9.67 Å². The SMILES string of the molecule is CCn1ncnc1-c1ccc(N)c([N+](=O)[O-])c1. The first-order chi connectivity index (χ1) is 8.13. The molecule has 17 heavy (non-hydrogen) atoms. The molecule has 1 aromatic carbocycles. The van der Waals surface area contributed by atoms with Gasteiger partial charge in [0.05, 0.1) is 4.92 Å². The van der Waals surface area contributed by atoms with Crippen molar-refractivity contribution in [2.75, 3.05) is 5.73 Å². The monoisotopic (exact) mass is 233 g/mol. The van der Waals surface area contributed by atoms with Gasteiger partial charge in [-0.15, -0.1) is 0 Å². The fourth-order valence-corrected chi connectivity index (χ4v) is 1.56. The van der Waals surface area contributed by atoms with Gasteiger partial charge in [0.15, 0.2) is 5.82 Å². The lowest BCUT2D eigenvalue weighted by Crippen LogP contribution is -2.01. The smallest absolute Gasteiger partial charge is 0.292 e. The average molecular weight is 233 g/mol. The molecule has 0 unspecified atom stereocenters. The van der Waals surface area contributed by atoms with E-state index < -0.39 is 4.92 Å². The van der Waals surface area contributed by atoms with Crippen molar-refractivity contribution in [3.63, 3.8) is 0 Å². The van der Waals surface area contributed by atoms with Gasteiger partial charge in [-0.2, -0.15) is 5.10 Å². The Morgan fingerprint density at radius 3 is 2.94 bits per heavy atom. The number of anilines is 1. The quantitative estimate of drug-likeness (QED) is 0.491. The zero-order chi connectivity index (χ0) is 12.4. The number of aryl methyl sites for hydroxylation is 1. The van der Waals surface area contributed by atoms with Crippen LogP contribution in [0.3, 0.4) is 0 Å². The number of nitro benzene ring substituents is 1. The predicted molar refractivity (Wildman–Crippen MR) is 62.2 cm³/mol. The van der Waals surface area contributed by atoms with Gasteiger partial charge in [-0.3, -0.25) is 10.1 Å². The summed E-state index contributed by atoms with van der Waals surface area (Å²) in [5, 5.41) is 14.8. The van der Waals surface area contributed by atoms with E-state index in [1.165, 1.54) is 18.5 Å². The van der Waals surface area contributed by atoms with Crippen molar-refractivity contribution in [2.45, 2.75) is 13.5 Å². The maximum absolute atomic E-state index is 10.8. The van der Waals surface area contributed by atoms with Crippen molar-refractivity contribution in [3.05, 3.63) is 34.6 Å². The highest BCUT2D eigenvalue weighted by molar-refractivity contribution is 5.68. The van der Waals surface area contributed by atoms with Crippen LogP contribution in [0.4, 0.5) is 11.4 Å².